The van der Waals surface area contributed by atoms with Gasteiger partial charge in [-0.3, -0.25) is 9.36 Å². The third-order valence-electron chi connectivity index (χ3n) is 6.61. The molecule has 2 aliphatic rings. The average molecular weight is 642 g/mol. The van der Waals surface area contributed by atoms with E-state index in [1.165, 1.54) is 0 Å². The van der Waals surface area contributed by atoms with Gasteiger partial charge in [-0.15, -0.1) is 0 Å². The Morgan fingerprint density at radius 2 is 1.05 bits per heavy atom. The Kier molecular flexibility index (Phi) is 7.80. The topological polar surface area (TPSA) is 88.2 Å². The highest BCUT2D eigenvalue weighted by Gasteiger charge is 2.55. The predicted octanol–water partition coefficient (Wildman–Crippen LogP) is 5.76. The summed E-state index contributed by atoms with van der Waals surface area (Å²) in [5.41, 5.74) is 0.823. The number of hydrogen-bond acceptors (Lipinski definition) is 6. The zero-order chi connectivity index (χ0) is 26.6. The Morgan fingerprint density at radius 3 is 1.34 bits per heavy atom. The van der Waals surface area contributed by atoms with E-state index in [0.717, 1.165) is 45.8 Å². The summed E-state index contributed by atoms with van der Waals surface area (Å²) >= 11 is 6.68. The fraction of sp³-hybridized carbons (Fsp3) is 0.286. The number of carbonyl (C=O) groups excluding carboxylic acids is 2. The molecule has 2 saturated carbocycles. The lowest BCUT2D eigenvalue weighted by Gasteiger charge is -2.14. The van der Waals surface area contributed by atoms with E-state index in [1.54, 1.807) is 21.8 Å². The van der Waals surface area contributed by atoms with Crippen LogP contribution in [0.4, 0.5) is 0 Å². The maximum absolute atomic E-state index is 12.2. The molecule has 196 valence electrons. The third-order valence-corrected chi connectivity index (χ3v) is 7.43. The number of nitrogens with zero attached hydrogens (tertiary/aromatic N) is 4. The van der Waals surface area contributed by atoms with Crippen molar-refractivity contribution in [3.05, 3.63) is 106 Å². The summed E-state index contributed by atoms with van der Waals surface area (Å²) in [6, 6.07) is 19.4. The second-order valence-corrected chi connectivity index (χ2v) is 11.2. The van der Waals surface area contributed by atoms with Gasteiger partial charge in [0, 0.05) is 12.4 Å². The molecule has 0 radical (unpaired) electrons. The van der Waals surface area contributed by atoms with Crippen LogP contribution in [0.5, 0.6) is 0 Å². The summed E-state index contributed by atoms with van der Waals surface area (Å²) in [6.07, 6.45) is 10.1. The van der Waals surface area contributed by atoms with Crippen molar-refractivity contribution in [2.45, 2.75) is 50.0 Å². The van der Waals surface area contributed by atoms with Crippen molar-refractivity contribution in [1.29, 1.82) is 0 Å². The van der Waals surface area contributed by atoms with E-state index in [1.807, 2.05) is 73.1 Å². The highest BCUT2D eigenvalue weighted by atomic mass is 79.9. The third kappa shape index (κ3) is 5.91. The first-order chi connectivity index (χ1) is 18.4. The highest BCUT2D eigenvalue weighted by molar-refractivity contribution is 9.10. The van der Waals surface area contributed by atoms with Crippen molar-refractivity contribution in [3.63, 3.8) is 0 Å². The molecule has 2 aromatic heterocycles. The van der Waals surface area contributed by atoms with Crippen molar-refractivity contribution < 1.29 is 19.1 Å². The molecule has 6 rings (SSSR count). The molecule has 2 aromatic carbocycles. The second kappa shape index (κ2) is 11.2. The van der Waals surface area contributed by atoms with Gasteiger partial charge in [0.1, 0.15) is 13.2 Å². The number of benzene rings is 2. The number of esters is 2. The van der Waals surface area contributed by atoms with E-state index in [9.17, 15) is 9.59 Å². The molecule has 0 aliphatic heterocycles. The van der Waals surface area contributed by atoms with E-state index < -0.39 is 11.1 Å². The number of ether oxygens (including phenoxy) is 2. The Morgan fingerprint density at radius 1 is 0.684 bits per heavy atom. The van der Waals surface area contributed by atoms with Crippen LogP contribution in [0.25, 0.3) is 0 Å². The zero-order valence-electron chi connectivity index (χ0n) is 20.5. The van der Waals surface area contributed by atoms with Crippen LogP contribution in [0, 0.1) is 0 Å². The first-order valence-electron chi connectivity index (χ1n) is 12.2. The molecule has 4 aromatic rings. The molecule has 0 saturated heterocycles. The lowest BCUT2D eigenvalue weighted by atomic mass is 10.2. The summed E-state index contributed by atoms with van der Waals surface area (Å²) in [4.78, 5) is 24.4. The Hall–Kier alpha value is -3.24. The maximum Gasteiger partial charge on any atom is 0.334 e. The minimum Gasteiger partial charge on any atom is -0.459 e. The first kappa shape index (κ1) is 26.4. The fourth-order valence-electron chi connectivity index (χ4n) is 4.08. The maximum atomic E-state index is 12.2. The van der Waals surface area contributed by atoms with E-state index in [4.69, 9.17) is 9.47 Å². The summed E-state index contributed by atoms with van der Waals surface area (Å²) in [7, 11) is 0. The van der Waals surface area contributed by atoms with Gasteiger partial charge < -0.3 is 9.47 Å². The zero-order valence-corrected chi connectivity index (χ0v) is 23.7. The van der Waals surface area contributed by atoms with Crippen LogP contribution < -0.4 is 0 Å². The summed E-state index contributed by atoms with van der Waals surface area (Å²) in [6.45, 7) is 0.619. The van der Waals surface area contributed by atoms with Crippen LogP contribution >= 0.6 is 31.9 Å². The molecule has 2 fully saturated rings. The van der Waals surface area contributed by atoms with E-state index in [2.05, 4.69) is 42.1 Å². The molecular weight excluding hydrogens is 616 g/mol. The Balaban J connectivity index is 0.000000155. The predicted molar refractivity (Wildman–Crippen MR) is 147 cm³/mol. The molecule has 0 spiro atoms. The lowest BCUT2D eigenvalue weighted by Crippen LogP contribution is -2.30. The molecule has 0 amide bonds. The minimum absolute atomic E-state index is 0.202. The van der Waals surface area contributed by atoms with Crippen molar-refractivity contribution >= 4 is 43.8 Å². The molecule has 0 N–H and O–H groups in total. The molecule has 2 heterocycles. The molecule has 0 atom stereocenters. The molecule has 38 heavy (non-hydrogen) atoms. The van der Waals surface area contributed by atoms with E-state index in [0.29, 0.717) is 13.2 Å². The first-order valence-corrected chi connectivity index (χ1v) is 13.8. The monoisotopic (exact) mass is 640 g/mol. The molecule has 2 aliphatic carbocycles. The number of aromatic nitrogens is 4. The van der Waals surface area contributed by atoms with E-state index in [-0.39, 0.29) is 11.9 Å². The largest absolute Gasteiger partial charge is 0.459 e. The van der Waals surface area contributed by atoms with Gasteiger partial charge >= 0.3 is 11.9 Å². The number of halogens is 2. The van der Waals surface area contributed by atoms with Gasteiger partial charge in [-0.1, -0.05) is 60.7 Å². The van der Waals surface area contributed by atoms with Crippen molar-refractivity contribution in [3.8, 4) is 0 Å². The molecule has 0 unspecified atom stereocenters. The minimum atomic E-state index is -0.583. The fourth-order valence-corrected chi connectivity index (χ4v) is 4.65. The lowest BCUT2D eigenvalue weighted by molar-refractivity contribution is -0.151. The van der Waals surface area contributed by atoms with Gasteiger partial charge in [0.15, 0.2) is 11.1 Å². The van der Waals surface area contributed by atoms with Crippen LogP contribution in [0.2, 0.25) is 0 Å². The standard InChI is InChI=1S/2C14H13BrN2O2/c2*15-12-8-16-17(9-12)14(6-7-14)13(18)19-10-11-4-2-1-3-5-11/h2*1-5,8-9H,6-7,10H2. The van der Waals surface area contributed by atoms with Gasteiger partial charge in [0.2, 0.25) is 0 Å². The van der Waals surface area contributed by atoms with Gasteiger partial charge in [-0.25, -0.2) is 9.59 Å². The van der Waals surface area contributed by atoms with Gasteiger partial charge in [0.25, 0.3) is 0 Å². The average Bonchev–Trinajstić information content (AvgIpc) is 3.85. The second-order valence-electron chi connectivity index (χ2n) is 9.39. The number of carbonyl (C=O) groups is 2. The highest BCUT2D eigenvalue weighted by Crippen LogP contribution is 2.45. The quantitative estimate of drug-likeness (QED) is 0.228. The normalized spacial score (nSPS) is 16.1. The van der Waals surface area contributed by atoms with Crippen LogP contribution in [0.15, 0.2) is 94.4 Å². The van der Waals surface area contributed by atoms with E-state index >= 15 is 0 Å². The number of rotatable bonds is 8. The summed E-state index contributed by atoms with van der Waals surface area (Å²) in [5.74, 6) is -0.404. The van der Waals surface area contributed by atoms with Gasteiger partial charge in [-0.2, -0.15) is 10.2 Å². The summed E-state index contributed by atoms with van der Waals surface area (Å²) < 4.78 is 15.9. The smallest absolute Gasteiger partial charge is 0.334 e. The van der Waals surface area contributed by atoms with Crippen LogP contribution in [0.3, 0.4) is 0 Å². The van der Waals surface area contributed by atoms with Crippen molar-refractivity contribution in [1.82, 2.24) is 19.6 Å². The molecule has 10 heteroatoms. The molecule has 8 nitrogen and oxygen atoms in total. The number of hydrogen-bond donors (Lipinski definition) is 0. The Bertz CT molecular complexity index is 1290. The Labute approximate surface area is 237 Å². The van der Waals surface area contributed by atoms with Crippen LogP contribution in [0.1, 0.15) is 36.8 Å². The van der Waals surface area contributed by atoms with Crippen molar-refractivity contribution in [2.75, 3.05) is 0 Å². The SMILES string of the molecule is O=C(OCc1ccccc1)C1(n2cc(Br)cn2)CC1.O=C(OCc1ccccc1)C1(n2cc(Br)cn2)CC1. The van der Waals surface area contributed by atoms with Crippen LogP contribution in [-0.2, 0) is 43.4 Å². The molecular formula is C28H26Br2N4O4. The summed E-state index contributed by atoms with van der Waals surface area (Å²) in [5, 5.41) is 8.39. The van der Waals surface area contributed by atoms with Crippen molar-refractivity contribution in [2.24, 2.45) is 0 Å². The molecule has 0 bridgehead atoms. The van der Waals surface area contributed by atoms with Crippen LogP contribution in [-0.4, -0.2) is 31.5 Å². The van der Waals surface area contributed by atoms with Gasteiger partial charge in [-0.05, 0) is 68.7 Å². The van der Waals surface area contributed by atoms with Gasteiger partial charge in [0.05, 0.1) is 21.3 Å².